The second-order valence-electron chi connectivity index (χ2n) is 10.0. The first-order valence-corrected chi connectivity index (χ1v) is 15.9. The van der Waals surface area contributed by atoms with Gasteiger partial charge in [0.25, 0.3) is 11.8 Å². The molecule has 0 aliphatic heterocycles. The van der Waals surface area contributed by atoms with E-state index in [1.165, 1.54) is 11.8 Å². The zero-order valence-electron chi connectivity index (χ0n) is 24.4. The maximum absolute atomic E-state index is 13.8. The Bertz CT molecular complexity index is 1780. The molecule has 0 saturated heterocycles. The number of anilines is 3. The number of thioether (sulfide) groups is 1. The summed E-state index contributed by atoms with van der Waals surface area (Å²) in [4.78, 5) is 42.9. The largest absolute Gasteiger partial charge is 0.321 e. The molecular formula is C37H30BrN3O3S. The lowest BCUT2D eigenvalue weighted by atomic mass is 10.1. The number of hydrogen-bond donors (Lipinski definition) is 2. The standard InChI is InChI=1S/C37H30BrN3O3S/c1-26(37(44)41(31-18-7-3-8-19-31)32-20-9-4-10-21-32)45-33-22-12-17-30(25-33)39-36(43)34(24-27-13-11-16-29(38)23-27)40-35(42)28-14-5-2-6-15-28/h2-26H,1H3,(H,39,43)(H,40,42)/b34-24+. The van der Waals surface area contributed by atoms with Crippen LogP contribution in [0.25, 0.3) is 6.08 Å². The lowest BCUT2D eigenvalue weighted by Gasteiger charge is -2.26. The summed E-state index contributed by atoms with van der Waals surface area (Å²) >= 11 is 4.86. The molecular weight excluding hydrogens is 646 g/mol. The summed E-state index contributed by atoms with van der Waals surface area (Å²) in [6, 6.07) is 42.6. The summed E-state index contributed by atoms with van der Waals surface area (Å²) in [6.07, 6.45) is 1.63. The number of para-hydroxylation sites is 2. The van der Waals surface area contributed by atoms with Crippen molar-refractivity contribution in [2.45, 2.75) is 17.1 Å². The van der Waals surface area contributed by atoms with Gasteiger partial charge in [-0.3, -0.25) is 19.3 Å². The second kappa shape index (κ2) is 15.2. The first-order chi connectivity index (χ1) is 21.9. The molecule has 0 fully saturated rings. The molecule has 1 unspecified atom stereocenters. The molecule has 45 heavy (non-hydrogen) atoms. The van der Waals surface area contributed by atoms with Gasteiger partial charge in [-0.2, -0.15) is 0 Å². The third kappa shape index (κ3) is 8.59. The molecule has 6 nitrogen and oxygen atoms in total. The molecule has 2 N–H and O–H groups in total. The maximum atomic E-state index is 13.8. The van der Waals surface area contributed by atoms with Crippen LogP contribution in [0.3, 0.4) is 0 Å². The fourth-order valence-corrected chi connectivity index (χ4v) is 5.93. The summed E-state index contributed by atoms with van der Waals surface area (Å²) in [5.41, 5.74) is 3.35. The molecule has 0 aromatic heterocycles. The topological polar surface area (TPSA) is 78.5 Å². The van der Waals surface area contributed by atoms with E-state index in [0.29, 0.717) is 11.3 Å². The summed E-state index contributed by atoms with van der Waals surface area (Å²) in [6.45, 7) is 1.87. The van der Waals surface area contributed by atoms with E-state index in [4.69, 9.17) is 0 Å². The van der Waals surface area contributed by atoms with Gasteiger partial charge in [-0.15, -0.1) is 11.8 Å². The Labute approximate surface area is 275 Å². The van der Waals surface area contributed by atoms with E-state index >= 15 is 0 Å². The fourth-order valence-electron chi connectivity index (χ4n) is 4.55. The van der Waals surface area contributed by atoms with Crippen LogP contribution in [-0.4, -0.2) is 23.0 Å². The molecule has 0 aliphatic carbocycles. The molecule has 224 valence electrons. The lowest BCUT2D eigenvalue weighted by molar-refractivity contribution is -0.117. The third-order valence-corrected chi connectivity index (χ3v) is 8.26. The average Bonchev–Trinajstić information content (AvgIpc) is 3.06. The Kier molecular flexibility index (Phi) is 10.6. The van der Waals surface area contributed by atoms with Crippen LogP contribution in [0.5, 0.6) is 0 Å². The molecule has 0 saturated carbocycles. The van der Waals surface area contributed by atoms with Crippen LogP contribution in [0, 0.1) is 0 Å². The van der Waals surface area contributed by atoms with E-state index < -0.39 is 17.1 Å². The number of rotatable bonds is 10. The van der Waals surface area contributed by atoms with E-state index in [9.17, 15) is 14.4 Å². The van der Waals surface area contributed by atoms with Gasteiger partial charge in [-0.05, 0) is 85.3 Å². The monoisotopic (exact) mass is 675 g/mol. The van der Waals surface area contributed by atoms with Crippen molar-refractivity contribution < 1.29 is 14.4 Å². The van der Waals surface area contributed by atoms with Crippen LogP contribution in [-0.2, 0) is 9.59 Å². The Balaban J connectivity index is 1.34. The van der Waals surface area contributed by atoms with Gasteiger partial charge in [0, 0.05) is 32.0 Å². The van der Waals surface area contributed by atoms with Gasteiger partial charge in [0.05, 0.1) is 5.25 Å². The van der Waals surface area contributed by atoms with Crippen LogP contribution < -0.4 is 15.5 Å². The van der Waals surface area contributed by atoms with E-state index in [2.05, 4.69) is 26.6 Å². The Morgan fingerprint density at radius 1 is 0.733 bits per heavy atom. The van der Waals surface area contributed by atoms with Crippen molar-refractivity contribution in [1.29, 1.82) is 0 Å². The van der Waals surface area contributed by atoms with Crippen molar-refractivity contribution in [3.05, 3.63) is 161 Å². The van der Waals surface area contributed by atoms with Crippen LogP contribution in [0.4, 0.5) is 17.1 Å². The SMILES string of the molecule is CC(Sc1cccc(NC(=O)/C(=C\c2cccc(Br)c2)NC(=O)c2ccccc2)c1)C(=O)N(c1ccccc1)c1ccccc1. The molecule has 0 radical (unpaired) electrons. The number of carbonyl (C=O) groups is 3. The Morgan fingerprint density at radius 2 is 1.33 bits per heavy atom. The van der Waals surface area contributed by atoms with Gasteiger partial charge in [0.15, 0.2) is 0 Å². The minimum Gasteiger partial charge on any atom is -0.321 e. The van der Waals surface area contributed by atoms with Gasteiger partial charge in [0.1, 0.15) is 5.70 Å². The van der Waals surface area contributed by atoms with Crippen molar-refractivity contribution in [2.75, 3.05) is 10.2 Å². The normalized spacial score (nSPS) is 11.7. The van der Waals surface area contributed by atoms with Crippen molar-refractivity contribution in [1.82, 2.24) is 5.32 Å². The molecule has 3 amide bonds. The first kappa shape index (κ1) is 31.5. The quantitative estimate of drug-likeness (QED) is 0.115. The number of nitrogens with one attached hydrogen (secondary N) is 2. The fraction of sp³-hybridized carbons (Fsp3) is 0.0541. The molecule has 1 atom stereocenters. The minimum atomic E-state index is -0.482. The first-order valence-electron chi connectivity index (χ1n) is 14.2. The zero-order chi connectivity index (χ0) is 31.6. The van der Waals surface area contributed by atoms with E-state index in [1.807, 2.05) is 116 Å². The van der Waals surface area contributed by atoms with Crippen LogP contribution in [0.2, 0.25) is 0 Å². The highest BCUT2D eigenvalue weighted by Gasteiger charge is 2.24. The summed E-state index contributed by atoms with van der Waals surface area (Å²) in [7, 11) is 0. The number of benzene rings is 5. The number of nitrogens with zero attached hydrogens (tertiary/aromatic N) is 1. The van der Waals surface area contributed by atoms with Crippen LogP contribution >= 0.6 is 27.7 Å². The van der Waals surface area contributed by atoms with Gasteiger partial charge in [-0.1, -0.05) is 88.7 Å². The molecule has 5 aromatic carbocycles. The summed E-state index contributed by atoms with van der Waals surface area (Å²) in [5.74, 6) is -0.954. The van der Waals surface area contributed by atoms with Gasteiger partial charge in [-0.25, -0.2) is 0 Å². The van der Waals surface area contributed by atoms with E-state index in [-0.39, 0.29) is 11.6 Å². The molecule has 0 spiro atoms. The number of halogens is 1. The maximum Gasteiger partial charge on any atom is 0.272 e. The van der Waals surface area contributed by atoms with Crippen LogP contribution in [0.15, 0.2) is 155 Å². The molecule has 0 aliphatic rings. The predicted octanol–water partition coefficient (Wildman–Crippen LogP) is 8.70. The van der Waals surface area contributed by atoms with E-state index in [0.717, 1.165) is 26.3 Å². The molecule has 5 rings (SSSR count). The number of carbonyl (C=O) groups excluding carboxylic acids is 3. The zero-order valence-corrected chi connectivity index (χ0v) is 26.8. The van der Waals surface area contributed by atoms with Crippen molar-refractivity contribution >= 4 is 68.6 Å². The van der Waals surface area contributed by atoms with Crippen molar-refractivity contribution in [3.8, 4) is 0 Å². The van der Waals surface area contributed by atoms with Gasteiger partial charge < -0.3 is 10.6 Å². The third-order valence-electron chi connectivity index (χ3n) is 6.69. The van der Waals surface area contributed by atoms with Crippen molar-refractivity contribution in [3.63, 3.8) is 0 Å². The Hall–Kier alpha value is -4.92. The smallest absolute Gasteiger partial charge is 0.272 e. The lowest BCUT2D eigenvalue weighted by Crippen LogP contribution is -2.32. The Morgan fingerprint density at radius 3 is 1.96 bits per heavy atom. The summed E-state index contributed by atoms with van der Waals surface area (Å²) < 4.78 is 0.844. The second-order valence-corrected chi connectivity index (χ2v) is 12.3. The highest BCUT2D eigenvalue weighted by molar-refractivity contribution is 9.10. The van der Waals surface area contributed by atoms with Gasteiger partial charge in [0.2, 0.25) is 5.91 Å². The van der Waals surface area contributed by atoms with Crippen molar-refractivity contribution in [2.24, 2.45) is 0 Å². The summed E-state index contributed by atoms with van der Waals surface area (Å²) in [5, 5.41) is 5.24. The van der Waals surface area contributed by atoms with Gasteiger partial charge >= 0.3 is 0 Å². The molecule has 8 heteroatoms. The highest BCUT2D eigenvalue weighted by Crippen LogP contribution is 2.32. The minimum absolute atomic E-state index is 0.0743. The number of hydrogen-bond acceptors (Lipinski definition) is 4. The van der Waals surface area contributed by atoms with Crippen LogP contribution in [0.1, 0.15) is 22.8 Å². The number of amides is 3. The highest BCUT2D eigenvalue weighted by atomic mass is 79.9. The average molecular weight is 677 g/mol. The van der Waals surface area contributed by atoms with E-state index in [1.54, 1.807) is 41.3 Å². The molecule has 0 bridgehead atoms. The molecule has 5 aromatic rings. The molecule has 0 heterocycles. The predicted molar refractivity (Wildman–Crippen MR) is 186 cm³/mol.